The number of likely N-dealkylation sites (tertiary alicyclic amines) is 1. The van der Waals surface area contributed by atoms with Crippen LogP contribution in [-0.2, 0) is 11.2 Å². The van der Waals surface area contributed by atoms with Crippen molar-refractivity contribution >= 4 is 6.09 Å². The van der Waals surface area contributed by atoms with E-state index in [1.165, 1.54) is 6.42 Å². The number of amides is 1. The normalized spacial score (nSPS) is 25.0. The Morgan fingerprint density at radius 3 is 3.04 bits per heavy atom. The van der Waals surface area contributed by atoms with Crippen molar-refractivity contribution < 1.29 is 9.53 Å². The number of aromatic amines is 1. The fourth-order valence-electron chi connectivity index (χ4n) is 3.94. The molecule has 1 N–H and O–H groups in total. The van der Waals surface area contributed by atoms with Crippen LogP contribution in [0.25, 0.3) is 0 Å². The van der Waals surface area contributed by atoms with E-state index in [9.17, 15) is 4.79 Å². The highest BCUT2D eigenvalue weighted by molar-refractivity contribution is 5.69. The van der Waals surface area contributed by atoms with Crippen molar-refractivity contribution in [1.82, 2.24) is 19.8 Å². The van der Waals surface area contributed by atoms with Gasteiger partial charge in [0.15, 0.2) is 0 Å². The third kappa shape index (κ3) is 3.22. The minimum Gasteiger partial charge on any atom is -0.448 e. The Bertz CT molecular complexity index is 542. The minimum atomic E-state index is -0.194. The molecule has 6 nitrogen and oxygen atoms in total. The summed E-state index contributed by atoms with van der Waals surface area (Å²) in [6.45, 7) is 9.76. The summed E-state index contributed by atoms with van der Waals surface area (Å²) in [6.07, 6.45) is 4.67. The molecule has 0 spiro atoms. The van der Waals surface area contributed by atoms with Crippen molar-refractivity contribution in [2.75, 3.05) is 26.2 Å². The van der Waals surface area contributed by atoms with E-state index in [4.69, 9.17) is 4.74 Å². The first kappa shape index (κ1) is 16.3. The molecule has 1 amide bonds. The lowest BCUT2D eigenvalue weighted by Crippen LogP contribution is -2.44. The predicted molar refractivity (Wildman–Crippen MR) is 88.2 cm³/mol. The summed E-state index contributed by atoms with van der Waals surface area (Å²) in [5.74, 6) is 0.309. The van der Waals surface area contributed by atoms with Gasteiger partial charge < -0.3 is 9.72 Å². The first-order valence-corrected chi connectivity index (χ1v) is 8.81. The molecule has 128 valence electrons. The monoisotopic (exact) mass is 320 g/mol. The number of hydrogen-bond acceptors (Lipinski definition) is 4. The van der Waals surface area contributed by atoms with Crippen LogP contribution in [0.2, 0.25) is 0 Å². The third-order valence-corrected chi connectivity index (χ3v) is 5.14. The molecule has 0 aliphatic carbocycles. The van der Waals surface area contributed by atoms with Gasteiger partial charge >= 0.3 is 6.09 Å². The summed E-state index contributed by atoms with van der Waals surface area (Å²) in [6, 6.07) is 0.385. The van der Waals surface area contributed by atoms with Crippen molar-refractivity contribution in [3.8, 4) is 0 Å². The lowest BCUT2D eigenvalue weighted by molar-refractivity contribution is 0.0529. The number of rotatable bonds is 4. The number of imidazole rings is 1. The average molecular weight is 320 g/mol. The molecule has 1 unspecified atom stereocenters. The van der Waals surface area contributed by atoms with Crippen LogP contribution in [-0.4, -0.2) is 58.1 Å². The van der Waals surface area contributed by atoms with Crippen LogP contribution in [0.5, 0.6) is 0 Å². The van der Waals surface area contributed by atoms with E-state index < -0.39 is 0 Å². The summed E-state index contributed by atoms with van der Waals surface area (Å²) < 4.78 is 5.68. The number of nitrogens with zero attached hydrogens (tertiary/aromatic N) is 3. The molecule has 1 aromatic rings. The van der Waals surface area contributed by atoms with Crippen LogP contribution in [0.15, 0.2) is 6.33 Å². The number of hydrogen-bond donors (Lipinski definition) is 1. The van der Waals surface area contributed by atoms with Gasteiger partial charge in [-0.3, -0.25) is 9.80 Å². The Hall–Kier alpha value is -1.56. The van der Waals surface area contributed by atoms with E-state index in [1.54, 1.807) is 6.33 Å². The molecule has 1 aromatic heterocycles. The van der Waals surface area contributed by atoms with Crippen LogP contribution in [0.4, 0.5) is 4.79 Å². The van der Waals surface area contributed by atoms with Gasteiger partial charge in [-0.1, -0.05) is 20.8 Å². The number of fused-ring (bicyclic) bond motifs is 1. The second kappa shape index (κ2) is 6.91. The van der Waals surface area contributed by atoms with Gasteiger partial charge in [0.05, 0.1) is 18.1 Å². The Balaban J connectivity index is 1.64. The van der Waals surface area contributed by atoms with Crippen LogP contribution in [0.1, 0.15) is 51.0 Å². The van der Waals surface area contributed by atoms with Crippen molar-refractivity contribution in [1.29, 1.82) is 0 Å². The molecule has 1 fully saturated rings. The van der Waals surface area contributed by atoms with Gasteiger partial charge in [0.1, 0.15) is 6.61 Å². The molecule has 0 aromatic carbocycles. The SMILES string of the molecule is CCN1CCC[C@H]1COC(=O)N1CCc2[nH]cnc2C1C(C)C. The van der Waals surface area contributed by atoms with Gasteiger partial charge in [-0.15, -0.1) is 0 Å². The van der Waals surface area contributed by atoms with Crippen LogP contribution < -0.4 is 0 Å². The Labute approximate surface area is 138 Å². The Morgan fingerprint density at radius 1 is 1.48 bits per heavy atom. The number of nitrogens with one attached hydrogen (secondary N) is 1. The number of H-pyrrole nitrogens is 1. The number of carbonyl (C=O) groups excluding carboxylic acids is 1. The largest absolute Gasteiger partial charge is 0.448 e. The lowest BCUT2D eigenvalue weighted by atomic mass is 9.94. The van der Waals surface area contributed by atoms with Crippen LogP contribution in [0.3, 0.4) is 0 Å². The molecule has 3 heterocycles. The molecule has 1 saturated heterocycles. The van der Waals surface area contributed by atoms with E-state index >= 15 is 0 Å². The highest BCUT2D eigenvalue weighted by Gasteiger charge is 2.36. The van der Waals surface area contributed by atoms with Gasteiger partial charge in [-0.25, -0.2) is 9.78 Å². The summed E-state index contributed by atoms with van der Waals surface area (Å²) in [5, 5.41) is 0. The van der Waals surface area contributed by atoms with E-state index in [0.717, 1.165) is 37.3 Å². The number of likely N-dealkylation sites (N-methyl/N-ethyl adjacent to an activating group) is 1. The fourth-order valence-corrected chi connectivity index (χ4v) is 3.94. The molecule has 2 atom stereocenters. The highest BCUT2D eigenvalue weighted by atomic mass is 16.6. The third-order valence-electron chi connectivity index (χ3n) is 5.14. The molecule has 0 saturated carbocycles. The minimum absolute atomic E-state index is 0.00311. The molecule has 3 rings (SSSR count). The van der Waals surface area contributed by atoms with Gasteiger partial charge in [-0.2, -0.15) is 0 Å². The number of aromatic nitrogens is 2. The highest BCUT2D eigenvalue weighted by Crippen LogP contribution is 2.33. The standard InChI is InChI=1S/C17H28N4O2/c1-4-20-8-5-6-13(20)10-23-17(22)21-9-7-14-15(19-11-18-14)16(21)12(2)3/h11-13,16H,4-10H2,1-3H3,(H,18,19)/t13-,16?/m0/s1. The number of ether oxygens (including phenoxy) is 1. The molecule has 0 bridgehead atoms. The van der Waals surface area contributed by atoms with Crippen molar-refractivity contribution in [2.45, 2.75) is 52.1 Å². The second-order valence-electron chi connectivity index (χ2n) is 6.90. The molecule has 2 aliphatic heterocycles. The quantitative estimate of drug-likeness (QED) is 0.926. The fraction of sp³-hybridized carbons (Fsp3) is 0.765. The van der Waals surface area contributed by atoms with Crippen molar-refractivity contribution in [3.63, 3.8) is 0 Å². The van der Waals surface area contributed by atoms with Gasteiger partial charge in [0.25, 0.3) is 0 Å². The predicted octanol–water partition coefficient (Wildman–Crippen LogP) is 2.59. The van der Waals surface area contributed by atoms with E-state index in [2.05, 4.69) is 35.6 Å². The maximum absolute atomic E-state index is 12.6. The Morgan fingerprint density at radius 2 is 2.30 bits per heavy atom. The van der Waals surface area contributed by atoms with E-state index in [-0.39, 0.29) is 12.1 Å². The maximum Gasteiger partial charge on any atom is 0.410 e. The molecular formula is C17H28N4O2. The second-order valence-corrected chi connectivity index (χ2v) is 6.90. The van der Waals surface area contributed by atoms with E-state index in [0.29, 0.717) is 25.1 Å². The van der Waals surface area contributed by atoms with E-state index in [1.807, 2.05) is 4.90 Å². The lowest BCUT2D eigenvalue weighted by Gasteiger charge is -2.36. The zero-order chi connectivity index (χ0) is 16.4. The summed E-state index contributed by atoms with van der Waals surface area (Å²) in [7, 11) is 0. The molecule has 23 heavy (non-hydrogen) atoms. The van der Waals surface area contributed by atoms with Gasteiger partial charge in [-0.05, 0) is 31.8 Å². The summed E-state index contributed by atoms with van der Waals surface area (Å²) >= 11 is 0. The smallest absolute Gasteiger partial charge is 0.410 e. The van der Waals surface area contributed by atoms with Gasteiger partial charge in [0, 0.05) is 24.7 Å². The van der Waals surface area contributed by atoms with Crippen LogP contribution >= 0.6 is 0 Å². The molecule has 6 heteroatoms. The maximum atomic E-state index is 12.6. The van der Waals surface area contributed by atoms with Crippen molar-refractivity contribution in [2.24, 2.45) is 5.92 Å². The number of carbonyl (C=O) groups is 1. The topological polar surface area (TPSA) is 61.5 Å². The molecule has 0 radical (unpaired) electrons. The molecule has 2 aliphatic rings. The first-order valence-electron chi connectivity index (χ1n) is 8.81. The van der Waals surface area contributed by atoms with Crippen LogP contribution in [0, 0.1) is 5.92 Å². The zero-order valence-electron chi connectivity index (χ0n) is 14.4. The van der Waals surface area contributed by atoms with Gasteiger partial charge in [0.2, 0.25) is 0 Å². The molecular weight excluding hydrogens is 292 g/mol. The first-order chi connectivity index (χ1) is 11.1. The zero-order valence-corrected chi connectivity index (χ0v) is 14.4. The summed E-state index contributed by atoms with van der Waals surface area (Å²) in [5.41, 5.74) is 2.15. The van der Waals surface area contributed by atoms with Crippen molar-refractivity contribution in [3.05, 3.63) is 17.7 Å². The summed E-state index contributed by atoms with van der Waals surface area (Å²) in [4.78, 5) is 24.5. The average Bonchev–Trinajstić information content (AvgIpc) is 3.19. The Kier molecular flexibility index (Phi) is 4.90.